The van der Waals surface area contributed by atoms with Gasteiger partial charge < -0.3 is 5.73 Å². The Bertz CT molecular complexity index is 602. The van der Waals surface area contributed by atoms with Gasteiger partial charge >= 0.3 is 0 Å². The van der Waals surface area contributed by atoms with E-state index in [4.69, 9.17) is 5.73 Å². The lowest BCUT2D eigenvalue weighted by atomic mass is 9.99. The van der Waals surface area contributed by atoms with Gasteiger partial charge in [0.2, 0.25) is 0 Å². The molecule has 100 valence electrons. The topological polar surface area (TPSA) is 26.0 Å². The Labute approximate surface area is 127 Å². The summed E-state index contributed by atoms with van der Waals surface area (Å²) in [7, 11) is 0. The zero-order chi connectivity index (χ0) is 14.0. The highest BCUT2D eigenvalue weighted by Gasteiger charge is 2.14. The van der Waals surface area contributed by atoms with E-state index in [1.165, 1.54) is 6.07 Å². The van der Waals surface area contributed by atoms with Crippen molar-refractivity contribution in [2.45, 2.75) is 12.5 Å². The summed E-state index contributed by atoms with van der Waals surface area (Å²) in [5, 5.41) is 0. The van der Waals surface area contributed by atoms with Crippen LogP contribution in [0.2, 0.25) is 0 Å². The normalized spacial score (nSPS) is 12.5. The highest BCUT2D eigenvalue weighted by molar-refractivity contribution is 9.10. The van der Waals surface area contributed by atoms with Crippen molar-refractivity contribution in [1.29, 1.82) is 0 Å². The predicted molar refractivity (Wildman–Crippen MR) is 78.8 cm³/mol. The molecule has 2 rings (SSSR count). The molecule has 0 aliphatic rings. The molecular weight excluding hydrogens is 380 g/mol. The Morgan fingerprint density at radius 1 is 1.05 bits per heavy atom. The Balaban J connectivity index is 2.23. The van der Waals surface area contributed by atoms with Gasteiger partial charge in [-0.05, 0) is 62.0 Å². The third kappa shape index (κ3) is 3.41. The predicted octanol–water partition coefficient (Wildman–Crippen LogP) is 4.73. The second kappa shape index (κ2) is 6.11. The van der Waals surface area contributed by atoms with Crippen LogP contribution in [0, 0.1) is 11.6 Å². The second-order valence-electron chi connectivity index (χ2n) is 4.20. The van der Waals surface area contributed by atoms with Crippen LogP contribution in [-0.2, 0) is 6.42 Å². The molecule has 1 unspecified atom stereocenters. The minimum absolute atomic E-state index is 0.328. The number of hydrogen-bond donors (Lipinski definition) is 1. The summed E-state index contributed by atoms with van der Waals surface area (Å²) in [6.07, 6.45) is 0.437. The molecule has 19 heavy (non-hydrogen) atoms. The quantitative estimate of drug-likeness (QED) is 0.805. The zero-order valence-corrected chi connectivity index (χ0v) is 13.0. The van der Waals surface area contributed by atoms with E-state index in [-0.39, 0.29) is 11.6 Å². The van der Waals surface area contributed by atoms with Crippen molar-refractivity contribution in [1.82, 2.24) is 0 Å². The molecule has 2 aromatic rings. The maximum absolute atomic E-state index is 13.9. The van der Waals surface area contributed by atoms with Crippen LogP contribution in [0.4, 0.5) is 8.78 Å². The minimum Gasteiger partial charge on any atom is -0.324 e. The molecule has 0 saturated heterocycles. The van der Waals surface area contributed by atoms with Gasteiger partial charge in [0.25, 0.3) is 0 Å². The summed E-state index contributed by atoms with van der Waals surface area (Å²) in [6.45, 7) is 0. The van der Waals surface area contributed by atoms with E-state index in [1.807, 2.05) is 0 Å². The van der Waals surface area contributed by atoms with Crippen LogP contribution >= 0.6 is 31.9 Å². The van der Waals surface area contributed by atoms with Gasteiger partial charge in [0, 0.05) is 11.6 Å². The number of hydrogen-bond acceptors (Lipinski definition) is 1. The molecule has 0 aromatic heterocycles. The first kappa shape index (κ1) is 14.6. The third-order valence-corrected chi connectivity index (χ3v) is 4.04. The maximum atomic E-state index is 13.9. The van der Waals surface area contributed by atoms with Crippen LogP contribution in [0.25, 0.3) is 0 Å². The summed E-state index contributed by atoms with van der Waals surface area (Å²) < 4.78 is 27.8. The van der Waals surface area contributed by atoms with Crippen LogP contribution in [0.15, 0.2) is 45.3 Å². The van der Waals surface area contributed by atoms with Gasteiger partial charge in [0.15, 0.2) is 0 Å². The first-order chi connectivity index (χ1) is 8.99. The number of benzene rings is 2. The van der Waals surface area contributed by atoms with Gasteiger partial charge in [-0.2, -0.15) is 0 Å². The van der Waals surface area contributed by atoms with Crippen molar-refractivity contribution in [2.75, 3.05) is 0 Å². The molecule has 2 N–H and O–H groups in total. The summed E-state index contributed by atoms with van der Waals surface area (Å²) in [4.78, 5) is 0. The van der Waals surface area contributed by atoms with E-state index in [1.54, 1.807) is 30.3 Å². The molecular formula is C14H11Br2F2N. The summed E-state index contributed by atoms with van der Waals surface area (Å²) in [5.41, 5.74) is 7.30. The van der Waals surface area contributed by atoms with Gasteiger partial charge in [-0.1, -0.05) is 18.2 Å². The lowest BCUT2D eigenvalue weighted by Gasteiger charge is -2.14. The SMILES string of the molecule is NC(Cc1ccc(F)c(Br)c1)c1cccc(Br)c1F. The van der Waals surface area contributed by atoms with Gasteiger partial charge in [0.05, 0.1) is 8.95 Å². The van der Waals surface area contributed by atoms with E-state index >= 15 is 0 Å². The van der Waals surface area contributed by atoms with Crippen molar-refractivity contribution < 1.29 is 8.78 Å². The molecule has 1 nitrogen and oxygen atoms in total. The van der Waals surface area contributed by atoms with Crippen LogP contribution in [0.3, 0.4) is 0 Å². The highest BCUT2D eigenvalue weighted by Crippen LogP contribution is 2.26. The molecule has 0 bridgehead atoms. The first-order valence-corrected chi connectivity index (χ1v) is 7.21. The summed E-state index contributed by atoms with van der Waals surface area (Å²) >= 11 is 6.25. The van der Waals surface area contributed by atoms with Gasteiger partial charge in [-0.3, -0.25) is 0 Å². The highest BCUT2D eigenvalue weighted by atomic mass is 79.9. The standard InChI is InChI=1S/C14H11Br2F2N/c15-10-3-1-2-9(14(10)18)13(19)7-8-4-5-12(17)11(16)6-8/h1-6,13H,7,19H2. The van der Waals surface area contributed by atoms with Crippen LogP contribution < -0.4 is 5.73 Å². The summed E-state index contributed by atoms with van der Waals surface area (Å²) in [6, 6.07) is 9.21. The maximum Gasteiger partial charge on any atom is 0.142 e. The fourth-order valence-corrected chi connectivity index (χ4v) is 2.65. The lowest BCUT2D eigenvalue weighted by molar-refractivity contribution is 0.574. The average Bonchev–Trinajstić information content (AvgIpc) is 2.37. The Morgan fingerprint density at radius 3 is 2.47 bits per heavy atom. The molecule has 0 spiro atoms. The fourth-order valence-electron chi connectivity index (χ4n) is 1.84. The molecule has 0 heterocycles. The smallest absolute Gasteiger partial charge is 0.142 e. The number of nitrogens with two attached hydrogens (primary N) is 1. The average molecular weight is 391 g/mol. The molecule has 0 fully saturated rings. The fraction of sp³-hybridized carbons (Fsp3) is 0.143. The van der Waals surface area contributed by atoms with E-state index in [2.05, 4.69) is 31.9 Å². The van der Waals surface area contributed by atoms with Gasteiger partial charge in [0.1, 0.15) is 11.6 Å². The van der Waals surface area contributed by atoms with Crippen LogP contribution in [0.5, 0.6) is 0 Å². The summed E-state index contributed by atoms with van der Waals surface area (Å²) in [5.74, 6) is -0.679. The van der Waals surface area contributed by atoms with Crippen molar-refractivity contribution in [3.8, 4) is 0 Å². The molecule has 0 amide bonds. The monoisotopic (exact) mass is 389 g/mol. The third-order valence-electron chi connectivity index (χ3n) is 2.82. The second-order valence-corrected chi connectivity index (χ2v) is 5.91. The van der Waals surface area contributed by atoms with Crippen LogP contribution in [0.1, 0.15) is 17.2 Å². The Kier molecular flexibility index (Phi) is 4.71. The van der Waals surface area contributed by atoms with Gasteiger partial charge in [-0.15, -0.1) is 0 Å². The van der Waals surface area contributed by atoms with Crippen molar-refractivity contribution in [2.24, 2.45) is 5.73 Å². The van der Waals surface area contributed by atoms with E-state index in [0.717, 1.165) is 5.56 Å². The van der Waals surface area contributed by atoms with E-state index < -0.39 is 6.04 Å². The van der Waals surface area contributed by atoms with Crippen molar-refractivity contribution >= 4 is 31.9 Å². The minimum atomic E-state index is -0.477. The first-order valence-electron chi connectivity index (χ1n) is 5.62. The van der Waals surface area contributed by atoms with Crippen molar-refractivity contribution in [3.05, 3.63) is 68.1 Å². The van der Waals surface area contributed by atoms with E-state index in [9.17, 15) is 8.78 Å². The largest absolute Gasteiger partial charge is 0.324 e. The Hall–Kier alpha value is -0.780. The van der Waals surface area contributed by atoms with Crippen LogP contribution in [-0.4, -0.2) is 0 Å². The van der Waals surface area contributed by atoms with Gasteiger partial charge in [-0.25, -0.2) is 8.78 Å². The molecule has 2 aromatic carbocycles. The number of halogens is 4. The number of rotatable bonds is 3. The van der Waals surface area contributed by atoms with E-state index in [0.29, 0.717) is 20.9 Å². The molecule has 0 saturated carbocycles. The van der Waals surface area contributed by atoms with Crippen molar-refractivity contribution in [3.63, 3.8) is 0 Å². The molecule has 0 aliphatic heterocycles. The zero-order valence-electron chi connectivity index (χ0n) is 9.84. The lowest BCUT2D eigenvalue weighted by Crippen LogP contribution is -2.15. The molecule has 1 atom stereocenters. The molecule has 0 aliphatic carbocycles. The molecule has 0 radical (unpaired) electrons. The molecule has 5 heteroatoms. The Morgan fingerprint density at radius 2 is 1.79 bits per heavy atom.